The average molecular weight is 580 g/mol. The van der Waals surface area contributed by atoms with Crippen molar-refractivity contribution in [2.24, 2.45) is 0 Å². The molecule has 198 valence electrons. The van der Waals surface area contributed by atoms with Gasteiger partial charge < -0.3 is 9.47 Å². The molecule has 1 amide bonds. The van der Waals surface area contributed by atoms with Crippen LogP contribution in [0.15, 0.2) is 16.7 Å². The Balaban J connectivity index is 2.11. The highest BCUT2D eigenvalue weighted by atomic mass is 79.9. The van der Waals surface area contributed by atoms with E-state index in [0.717, 1.165) is 21.8 Å². The standard InChI is InChI=1S/C23H26BrF4N3O5/c1-6-35-20(33)18(19(32)16-7-12(25)9-30(16)21(34)36-22(3,4)5)31-10-13-14(23(26,27)28)8-15(24)11(2)17(13)29-31/h8,10,12,16,18H,6-7,9H2,1-5H3/t12?,16-,18?/m1/s1. The van der Waals surface area contributed by atoms with Crippen LogP contribution in [-0.2, 0) is 25.2 Å². The minimum absolute atomic E-state index is 0.0856. The van der Waals surface area contributed by atoms with E-state index in [1.165, 1.54) is 13.8 Å². The summed E-state index contributed by atoms with van der Waals surface area (Å²) in [6, 6.07) is -2.37. The van der Waals surface area contributed by atoms with Crippen LogP contribution in [0.2, 0.25) is 0 Å². The second kappa shape index (κ2) is 9.98. The van der Waals surface area contributed by atoms with Gasteiger partial charge in [-0.1, -0.05) is 15.9 Å². The van der Waals surface area contributed by atoms with Gasteiger partial charge in [0.05, 0.1) is 30.3 Å². The van der Waals surface area contributed by atoms with Crippen molar-refractivity contribution in [3.63, 3.8) is 0 Å². The van der Waals surface area contributed by atoms with E-state index in [4.69, 9.17) is 9.47 Å². The molecule has 1 saturated heterocycles. The number of esters is 1. The molecule has 0 aliphatic carbocycles. The Kier molecular flexibility index (Phi) is 7.73. The molecule has 2 heterocycles. The Bertz CT molecular complexity index is 1190. The number of carbonyl (C=O) groups is 3. The normalized spacial score (nSPS) is 19.4. The fourth-order valence-corrected chi connectivity index (χ4v) is 4.41. The van der Waals surface area contributed by atoms with Gasteiger partial charge in [0.1, 0.15) is 11.8 Å². The number of aromatic nitrogens is 2. The molecule has 2 aromatic rings. The Morgan fingerprint density at radius 1 is 1.25 bits per heavy atom. The summed E-state index contributed by atoms with van der Waals surface area (Å²) in [7, 11) is 0. The van der Waals surface area contributed by atoms with Crippen molar-refractivity contribution in [1.29, 1.82) is 0 Å². The van der Waals surface area contributed by atoms with E-state index in [9.17, 15) is 31.9 Å². The summed E-state index contributed by atoms with van der Waals surface area (Å²) in [5.74, 6) is -2.04. The molecule has 1 aromatic heterocycles. The van der Waals surface area contributed by atoms with E-state index >= 15 is 0 Å². The lowest BCUT2D eigenvalue weighted by Crippen LogP contribution is -2.47. The molecule has 3 rings (SSSR count). The van der Waals surface area contributed by atoms with Crippen molar-refractivity contribution < 1.29 is 41.4 Å². The van der Waals surface area contributed by atoms with Crippen LogP contribution in [0.3, 0.4) is 0 Å². The van der Waals surface area contributed by atoms with Gasteiger partial charge in [0.25, 0.3) is 0 Å². The van der Waals surface area contributed by atoms with Crippen molar-refractivity contribution in [2.45, 2.75) is 71.1 Å². The highest BCUT2D eigenvalue weighted by Crippen LogP contribution is 2.39. The average Bonchev–Trinajstić information content (AvgIpc) is 3.33. The van der Waals surface area contributed by atoms with Gasteiger partial charge in [-0.15, -0.1) is 0 Å². The third-order valence-corrected chi connectivity index (χ3v) is 6.39. The minimum Gasteiger partial charge on any atom is -0.464 e. The molecule has 13 heteroatoms. The summed E-state index contributed by atoms with van der Waals surface area (Å²) in [4.78, 5) is 40.0. The van der Waals surface area contributed by atoms with Gasteiger partial charge >= 0.3 is 18.2 Å². The number of aryl methyl sites for hydroxylation is 1. The molecule has 0 N–H and O–H groups in total. The molecular weight excluding hydrogens is 554 g/mol. The molecule has 0 spiro atoms. The third kappa shape index (κ3) is 5.65. The minimum atomic E-state index is -4.74. The molecule has 0 saturated carbocycles. The van der Waals surface area contributed by atoms with Gasteiger partial charge in [-0.05, 0) is 46.2 Å². The predicted molar refractivity (Wildman–Crippen MR) is 124 cm³/mol. The van der Waals surface area contributed by atoms with E-state index in [0.29, 0.717) is 5.56 Å². The zero-order valence-electron chi connectivity index (χ0n) is 20.3. The van der Waals surface area contributed by atoms with Crippen LogP contribution in [0.4, 0.5) is 22.4 Å². The van der Waals surface area contributed by atoms with Crippen LogP contribution >= 0.6 is 15.9 Å². The fourth-order valence-electron chi connectivity index (χ4n) is 3.99. The van der Waals surface area contributed by atoms with Gasteiger partial charge in [0, 0.05) is 22.5 Å². The van der Waals surface area contributed by atoms with Gasteiger partial charge in [0.15, 0.2) is 5.78 Å². The Morgan fingerprint density at radius 2 is 1.89 bits per heavy atom. The van der Waals surface area contributed by atoms with Crippen molar-refractivity contribution in [3.8, 4) is 0 Å². The highest BCUT2D eigenvalue weighted by Gasteiger charge is 2.47. The second-order valence-electron chi connectivity index (χ2n) is 9.44. The molecule has 1 aliphatic heterocycles. The number of ketones is 1. The lowest BCUT2D eigenvalue weighted by atomic mass is 10.0. The van der Waals surface area contributed by atoms with Crippen LogP contribution in [0.25, 0.3) is 10.9 Å². The Hall–Kier alpha value is -2.70. The van der Waals surface area contributed by atoms with Crippen LogP contribution in [0, 0.1) is 6.92 Å². The van der Waals surface area contributed by atoms with E-state index in [1.54, 1.807) is 20.8 Å². The fraction of sp³-hybridized carbons (Fsp3) is 0.565. The summed E-state index contributed by atoms with van der Waals surface area (Å²) in [6.07, 6.45) is -6.73. The summed E-state index contributed by atoms with van der Waals surface area (Å²) >= 11 is 3.09. The number of Topliss-reactive ketones (excluding diaryl/α,β-unsaturated/α-hetero) is 1. The summed E-state index contributed by atoms with van der Waals surface area (Å²) in [6.45, 7) is 7.24. The predicted octanol–water partition coefficient (Wildman–Crippen LogP) is 5.15. The molecule has 0 bridgehead atoms. The van der Waals surface area contributed by atoms with E-state index in [-0.39, 0.29) is 22.0 Å². The first-order valence-corrected chi connectivity index (χ1v) is 11.9. The van der Waals surface area contributed by atoms with Crippen LogP contribution < -0.4 is 0 Å². The lowest BCUT2D eigenvalue weighted by Gasteiger charge is -2.29. The molecule has 1 fully saturated rings. The first kappa shape index (κ1) is 27.9. The number of ether oxygens (including phenoxy) is 2. The van der Waals surface area contributed by atoms with Crippen LogP contribution in [0.1, 0.15) is 51.3 Å². The largest absolute Gasteiger partial charge is 0.464 e. The number of nitrogens with zero attached hydrogens (tertiary/aromatic N) is 3. The summed E-state index contributed by atoms with van der Waals surface area (Å²) in [5.41, 5.74) is -1.68. The van der Waals surface area contributed by atoms with Crippen molar-refractivity contribution >= 4 is 44.7 Å². The number of rotatable bonds is 5. The number of amides is 1. The summed E-state index contributed by atoms with van der Waals surface area (Å²) < 4.78 is 66.8. The van der Waals surface area contributed by atoms with Crippen LogP contribution in [-0.4, -0.2) is 63.5 Å². The molecule has 0 radical (unpaired) electrons. The molecule has 8 nitrogen and oxygen atoms in total. The number of carbonyl (C=O) groups excluding carboxylic acids is 3. The number of alkyl halides is 4. The Morgan fingerprint density at radius 3 is 2.44 bits per heavy atom. The van der Waals surface area contributed by atoms with E-state index in [1.807, 2.05) is 0 Å². The van der Waals surface area contributed by atoms with Crippen molar-refractivity contribution in [3.05, 3.63) is 27.9 Å². The first-order valence-electron chi connectivity index (χ1n) is 11.1. The number of likely N-dealkylation sites (tertiary alicyclic amines) is 1. The number of fused-ring (bicyclic) bond motifs is 1. The molecule has 3 atom stereocenters. The number of halogens is 5. The van der Waals surface area contributed by atoms with Crippen LogP contribution in [0.5, 0.6) is 0 Å². The number of benzene rings is 1. The zero-order valence-corrected chi connectivity index (χ0v) is 21.9. The SMILES string of the molecule is CCOC(=O)C(C(=O)[C@H]1CC(F)CN1C(=O)OC(C)(C)C)n1cc2c(C(F)(F)F)cc(Br)c(C)c2n1. The number of hydrogen-bond acceptors (Lipinski definition) is 6. The van der Waals surface area contributed by atoms with Crippen molar-refractivity contribution in [1.82, 2.24) is 14.7 Å². The third-order valence-electron chi connectivity index (χ3n) is 5.56. The zero-order chi connectivity index (χ0) is 27.2. The van der Waals surface area contributed by atoms with E-state index in [2.05, 4.69) is 21.0 Å². The lowest BCUT2D eigenvalue weighted by molar-refractivity contribution is -0.152. The first-order chi connectivity index (χ1) is 16.5. The molecule has 36 heavy (non-hydrogen) atoms. The second-order valence-corrected chi connectivity index (χ2v) is 10.3. The maximum Gasteiger partial charge on any atom is 0.417 e. The van der Waals surface area contributed by atoms with Gasteiger partial charge in [0.2, 0.25) is 6.04 Å². The molecular formula is C23H26BrF4N3O5. The highest BCUT2D eigenvalue weighted by molar-refractivity contribution is 9.10. The smallest absolute Gasteiger partial charge is 0.417 e. The van der Waals surface area contributed by atoms with Gasteiger partial charge in [-0.3, -0.25) is 9.69 Å². The van der Waals surface area contributed by atoms with Gasteiger partial charge in [-0.2, -0.15) is 18.3 Å². The molecule has 1 aliphatic rings. The molecule has 1 aromatic carbocycles. The topological polar surface area (TPSA) is 90.7 Å². The molecule has 2 unspecified atom stereocenters. The van der Waals surface area contributed by atoms with E-state index < -0.39 is 66.4 Å². The maximum absolute atomic E-state index is 14.4. The van der Waals surface area contributed by atoms with Gasteiger partial charge in [-0.25, -0.2) is 18.7 Å². The Labute approximate surface area is 213 Å². The monoisotopic (exact) mass is 579 g/mol. The number of hydrogen-bond donors (Lipinski definition) is 0. The quantitative estimate of drug-likeness (QED) is 0.276. The maximum atomic E-state index is 14.4. The summed E-state index contributed by atoms with van der Waals surface area (Å²) in [5, 5.41) is 3.80. The van der Waals surface area contributed by atoms with Crippen molar-refractivity contribution in [2.75, 3.05) is 13.2 Å².